The molecule has 7 heteroatoms. The molecule has 2 aromatic heterocycles. The SMILES string of the molecule is CC(=O)c1csc(NC(=O)CCc2ncc(-c3ccc(C)cc3)o2)n1. The van der Waals surface area contributed by atoms with Crippen LogP contribution in [-0.4, -0.2) is 21.7 Å². The van der Waals surface area contributed by atoms with Crippen molar-refractivity contribution in [1.82, 2.24) is 9.97 Å². The number of aromatic nitrogens is 2. The van der Waals surface area contributed by atoms with Crippen LogP contribution >= 0.6 is 11.3 Å². The summed E-state index contributed by atoms with van der Waals surface area (Å²) >= 11 is 1.23. The van der Waals surface area contributed by atoms with Crippen LogP contribution in [-0.2, 0) is 11.2 Å². The van der Waals surface area contributed by atoms with Gasteiger partial charge in [0.05, 0.1) is 6.20 Å². The van der Waals surface area contributed by atoms with Crippen molar-refractivity contribution in [1.29, 1.82) is 0 Å². The molecule has 3 rings (SSSR count). The third-order valence-corrected chi connectivity index (χ3v) is 4.32. The first-order valence-corrected chi connectivity index (χ1v) is 8.67. The van der Waals surface area contributed by atoms with E-state index in [1.807, 2.05) is 31.2 Å². The molecule has 6 nitrogen and oxygen atoms in total. The van der Waals surface area contributed by atoms with Gasteiger partial charge in [-0.1, -0.05) is 29.8 Å². The van der Waals surface area contributed by atoms with Gasteiger partial charge in [0.15, 0.2) is 22.6 Å². The average Bonchev–Trinajstić information content (AvgIpc) is 3.23. The fourth-order valence-electron chi connectivity index (χ4n) is 2.17. The Bertz CT molecular complexity index is 896. The summed E-state index contributed by atoms with van der Waals surface area (Å²) in [5, 5.41) is 4.72. The zero-order valence-electron chi connectivity index (χ0n) is 13.9. The van der Waals surface area contributed by atoms with Crippen molar-refractivity contribution in [2.45, 2.75) is 26.7 Å². The number of oxazole rings is 1. The van der Waals surface area contributed by atoms with Gasteiger partial charge in [0.25, 0.3) is 0 Å². The molecule has 0 bridgehead atoms. The number of anilines is 1. The van der Waals surface area contributed by atoms with Gasteiger partial charge in [-0.05, 0) is 6.92 Å². The van der Waals surface area contributed by atoms with Crippen molar-refractivity contribution >= 4 is 28.2 Å². The van der Waals surface area contributed by atoms with Crippen molar-refractivity contribution in [2.75, 3.05) is 5.32 Å². The monoisotopic (exact) mass is 355 g/mol. The Morgan fingerprint density at radius 2 is 2.00 bits per heavy atom. The Labute approximate surface area is 148 Å². The zero-order chi connectivity index (χ0) is 17.8. The largest absolute Gasteiger partial charge is 0.441 e. The molecule has 1 N–H and O–H groups in total. The van der Waals surface area contributed by atoms with E-state index >= 15 is 0 Å². The molecular formula is C18H17N3O3S. The number of amides is 1. The van der Waals surface area contributed by atoms with Crippen LogP contribution in [0.2, 0.25) is 0 Å². The van der Waals surface area contributed by atoms with Gasteiger partial charge in [0, 0.05) is 30.7 Å². The molecule has 128 valence electrons. The molecule has 0 aliphatic heterocycles. The number of nitrogens with zero attached hydrogens (tertiary/aromatic N) is 2. The molecule has 2 heterocycles. The van der Waals surface area contributed by atoms with E-state index in [2.05, 4.69) is 15.3 Å². The minimum Gasteiger partial charge on any atom is -0.441 e. The van der Waals surface area contributed by atoms with Crippen LogP contribution in [0.15, 0.2) is 40.3 Å². The second-order valence-electron chi connectivity index (χ2n) is 5.63. The third-order valence-electron chi connectivity index (χ3n) is 3.57. The van der Waals surface area contributed by atoms with E-state index in [1.165, 1.54) is 23.8 Å². The number of benzene rings is 1. The van der Waals surface area contributed by atoms with E-state index in [0.29, 0.717) is 28.9 Å². The van der Waals surface area contributed by atoms with Crippen molar-refractivity contribution in [2.24, 2.45) is 0 Å². The Hall–Kier alpha value is -2.80. The summed E-state index contributed by atoms with van der Waals surface area (Å²) in [6.07, 6.45) is 2.28. The normalized spacial score (nSPS) is 10.6. The summed E-state index contributed by atoms with van der Waals surface area (Å²) in [6, 6.07) is 7.96. The van der Waals surface area contributed by atoms with Gasteiger partial charge in [-0.3, -0.25) is 9.59 Å². The molecule has 0 spiro atoms. The Morgan fingerprint density at radius 3 is 2.68 bits per heavy atom. The van der Waals surface area contributed by atoms with Gasteiger partial charge in [0.2, 0.25) is 5.91 Å². The number of nitrogens with one attached hydrogen (secondary N) is 1. The Kier molecular flexibility index (Phi) is 5.04. The maximum Gasteiger partial charge on any atom is 0.226 e. The summed E-state index contributed by atoms with van der Waals surface area (Å²) < 4.78 is 5.70. The highest BCUT2D eigenvalue weighted by atomic mass is 32.1. The summed E-state index contributed by atoms with van der Waals surface area (Å²) in [5.41, 5.74) is 2.49. The molecular weight excluding hydrogens is 338 g/mol. The molecule has 0 atom stereocenters. The minimum atomic E-state index is -0.195. The van der Waals surface area contributed by atoms with E-state index < -0.39 is 0 Å². The number of carbonyl (C=O) groups is 2. The van der Waals surface area contributed by atoms with Crippen molar-refractivity contribution in [3.8, 4) is 11.3 Å². The van der Waals surface area contributed by atoms with Gasteiger partial charge in [-0.2, -0.15) is 0 Å². The van der Waals surface area contributed by atoms with Crippen LogP contribution in [0.25, 0.3) is 11.3 Å². The molecule has 0 unspecified atom stereocenters. The van der Waals surface area contributed by atoms with E-state index in [0.717, 1.165) is 5.56 Å². The second-order valence-corrected chi connectivity index (χ2v) is 6.48. The van der Waals surface area contributed by atoms with Crippen LogP contribution in [0.4, 0.5) is 5.13 Å². The predicted octanol–water partition coefficient (Wildman–Crippen LogP) is 3.88. The lowest BCUT2D eigenvalue weighted by Crippen LogP contribution is -2.12. The number of thiazole rings is 1. The molecule has 0 aliphatic carbocycles. The first kappa shape index (κ1) is 17.0. The van der Waals surface area contributed by atoms with Crippen LogP contribution < -0.4 is 5.32 Å². The minimum absolute atomic E-state index is 0.125. The lowest BCUT2D eigenvalue weighted by molar-refractivity contribution is -0.116. The maximum atomic E-state index is 12.0. The zero-order valence-corrected chi connectivity index (χ0v) is 14.7. The fourth-order valence-corrected chi connectivity index (χ4v) is 2.94. The van der Waals surface area contributed by atoms with Crippen LogP contribution in [0, 0.1) is 6.92 Å². The van der Waals surface area contributed by atoms with Crippen molar-refractivity contribution in [3.63, 3.8) is 0 Å². The van der Waals surface area contributed by atoms with Crippen molar-refractivity contribution < 1.29 is 14.0 Å². The molecule has 0 aliphatic rings. The topological polar surface area (TPSA) is 85.1 Å². The second kappa shape index (κ2) is 7.40. The highest BCUT2D eigenvalue weighted by molar-refractivity contribution is 7.14. The van der Waals surface area contributed by atoms with Crippen LogP contribution in [0.5, 0.6) is 0 Å². The summed E-state index contributed by atoms with van der Waals surface area (Å²) in [4.78, 5) is 31.5. The summed E-state index contributed by atoms with van der Waals surface area (Å²) in [7, 11) is 0. The molecule has 0 radical (unpaired) electrons. The maximum absolute atomic E-state index is 12.0. The van der Waals surface area contributed by atoms with Gasteiger partial charge < -0.3 is 9.73 Å². The molecule has 0 saturated carbocycles. The highest BCUT2D eigenvalue weighted by Crippen LogP contribution is 2.21. The number of hydrogen-bond acceptors (Lipinski definition) is 6. The molecule has 1 aromatic carbocycles. The fraction of sp³-hybridized carbons (Fsp3) is 0.222. The van der Waals surface area contributed by atoms with Gasteiger partial charge in [-0.15, -0.1) is 11.3 Å². The van der Waals surface area contributed by atoms with E-state index in [1.54, 1.807) is 11.6 Å². The van der Waals surface area contributed by atoms with Crippen LogP contribution in [0.3, 0.4) is 0 Å². The van der Waals surface area contributed by atoms with Crippen molar-refractivity contribution in [3.05, 3.63) is 53.0 Å². The van der Waals surface area contributed by atoms with Gasteiger partial charge in [0.1, 0.15) is 5.69 Å². The lowest BCUT2D eigenvalue weighted by atomic mass is 10.1. The Morgan fingerprint density at radius 1 is 1.24 bits per heavy atom. The van der Waals surface area contributed by atoms with E-state index in [9.17, 15) is 9.59 Å². The molecule has 0 fully saturated rings. The number of rotatable bonds is 6. The first-order chi connectivity index (χ1) is 12.0. The molecule has 3 aromatic rings. The van der Waals surface area contributed by atoms with Crippen LogP contribution in [0.1, 0.15) is 35.3 Å². The number of Topliss-reactive ketones (excluding diaryl/α,β-unsaturated/α-hetero) is 1. The number of aryl methyl sites for hydroxylation is 2. The summed E-state index contributed by atoms with van der Waals surface area (Å²) in [5.74, 6) is 0.871. The Balaban J connectivity index is 1.55. The molecule has 25 heavy (non-hydrogen) atoms. The first-order valence-electron chi connectivity index (χ1n) is 7.79. The smallest absolute Gasteiger partial charge is 0.226 e. The predicted molar refractivity (Wildman–Crippen MR) is 95.7 cm³/mol. The third kappa shape index (κ3) is 4.39. The van der Waals surface area contributed by atoms with E-state index in [4.69, 9.17) is 4.42 Å². The lowest BCUT2D eigenvalue weighted by Gasteiger charge is -2.00. The summed E-state index contributed by atoms with van der Waals surface area (Å²) in [6.45, 7) is 3.46. The highest BCUT2D eigenvalue weighted by Gasteiger charge is 2.11. The average molecular weight is 355 g/mol. The molecule has 1 amide bonds. The number of ketones is 1. The molecule has 0 saturated heterocycles. The quantitative estimate of drug-likeness (QED) is 0.678. The van der Waals surface area contributed by atoms with Gasteiger partial charge >= 0.3 is 0 Å². The van der Waals surface area contributed by atoms with Gasteiger partial charge in [-0.25, -0.2) is 9.97 Å². The number of hydrogen-bond donors (Lipinski definition) is 1. The van der Waals surface area contributed by atoms with E-state index in [-0.39, 0.29) is 18.1 Å². The standard InChI is InChI=1S/C18H17N3O3S/c1-11-3-5-13(6-4-11)15-9-19-17(24-15)8-7-16(23)21-18-20-14(10-25-18)12(2)22/h3-6,9-10H,7-8H2,1-2H3,(H,20,21,23). The number of carbonyl (C=O) groups excluding carboxylic acids is 2.